The highest BCUT2D eigenvalue weighted by Crippen LogP contribution is 2.43. The number of nitrogens with zero attached hydrogens (tertiary/aromatic N) is 2. The summed E-state index contributed by atoms with van der Waals surface area (Å²) in [4.78, 5) is 42.9. The molecule has 4 rings (SSSR count). The average Bonchev–Trinajstić information content (AvgIpc) is 2.98. The standard InChI is InChI=1S/C25H32N2O4/c1-6-31-17-11-12-21-20(13-17)15(2)14-25(4,5)27(21)22(28)16(3)26-23(29)18-9-7-8-10-19(18)24(26)30/h11-14,16,18-19H,6-10H2,1-5H3. The predicted octanol–water partition coefficient (Wildman–Crippen LogP) is 4.18. The Hall–Kier alpha value is -2.63. The molecular weight excluding hydrogens is 392 g/mol. The van der Waals surface area contributed by atoms with Crippen LogP contribution < -0.4 is 9.64 Å². The second-order valence-corrected chi connectivity index (χ2v) is 9.49. The molecule has 1 aliphatic carbocycles. The first kappa shape index (κ1) is 21.6. The van der Waals surface area contributed by atoms with Crippen LogP contribution in [0, 0.1) is 11.8 Å². The minimum absolute atomic E-state index is 0.177. The lowest BCUT2D eigenvalue weighted by Gasteiger charge is -2.43. The number of rotatable bonds is 4. The Bertz CT molecular complexity index is 940. The molecule has 0 bridgehead atoms. The Labute approximate surface area is 184 Å². The summed E-state index contributed by atoms with van der Waals surface area (Å²) in [6.07, 6.45) is 5.48. The third-order valence-corrected chi connectivity index (χ3v) is 6.93. The lowest BCUT2D eigenvalue weighted by atomic mass is 9.81. The molecule has 3 aliphatic rings. The van der Waals surface area contributed by atoms with E-state index in [4.69, 9.17) is 4.74 Å². The molecule has 2 fully saturated rings. The summed E-state index contributed by atoms with van der Waals surface area (Å²) in [5, 5.41) is 0. The molecule has 3 atom stereocenters. The summed E-state index contributed by atoms with van der Waals surface area (Å²) in [6, 6.07) is 4.88. The number of hydrogen-bond donors (Lipinski definition) is 0. The zero-order valence-electron chi connectivity index (χ0n) is 19.1. The molecule has 1 saturated heterocycles. The van der Waals surface area contributed by atoms with Crippen molar-refractivity contribution in [1.82, 2.24) is 4.90 Å². The molecule has 0 spiro atoms. The molecule has 3 unspecified atom stereocenters. The van der Waals surface area contributed by atoms with Crippen molar-refractivity contribution in [2.45, 2.75) is 71.9 Å². The summed E-state index contributed by atoms with van der Waals surface area (Å²) in [6.45, 7) is 10.2. The number of ether oxygens (including phenoxy) is 1. The fraction of sp³-hybridized carbons (Fsp3) is 0.560. The van der Waals surface area contributed by atoms with Gasteiger partial charge in [-0.25, -0.2) is 0 Å². The van der Waals surface area contributed by atoms with Crippen molar-refractivity contribution in [3.63, 3.8) is 0 Å². The van der Waals surface area contributed by atoms with E-state index in [-0.39, 0.29) is 29.6 Å². The number of carbonyl (C=O) groups excluding carboxylic acids is 3. The number of fused-ring (bicyclic) bond motifs is 2. The third kappa shape index (κ3) is 3.46. The van der Waals surface area contributed by atoms with Gasteiger partial charge in [-0.1, -0.05) is 18.9 Å². The maximum absolute atomic E-state index is 13.8. The Kier molecular flexibility index (Phi) is 5.44. The van der Waals surface area contributed by atoms with E-state index in [9.17, 15) is 14.4 Å². The molecule has 6 nitrogen and oxygen atoms in total. The van der Waals surface area contributed by atoms with Gasteiger partial charge in [0.2, 0.25) is 11.8 Å². The van der Waals surface area contributed by atoms with E-state index in [1.165, 1.54) is 4.90 Å². The van der Waals surface area contributed by atoms with Gasteiger partial charge in [-0.05, 0) is 71.2 Å². The number of hydrogen-bond acceptors (Lipinski definition) is 4. The van der Waals surface area contributed by atoms with Gasteiger partial charge >= 0.3 is 0 Å². The van der Waals surface area contributed by atoms with Gasteiger partial charge in [-0.2, -0.15) is 0 Å². The highest BCUT2D eigenvalue weighted by Gasteiger charge is 2.52. The molecule has 1 saturated carbocycles. The summed E-state index contributed by atoms with van der Waals surface area (Å²) >= 11 is 0. The minimum atomic E-state index is -0.837. The molecule has 166 valence electrons. The third-order valence-electron chi connectivity index (χ3n) is 6.93. The zero-order valence-corrected chi connectivity index (χ0v) is 19.1. The van der Waals surface area contributed by atoms with Crippen molar-refractivity contribution in [3.8, 4) is 5.75 Å². The van der Waals surface area contributed by atoms with Gasteiger partial charge in [0.15, 0.2) is 0 Å². The van der Waals surface area contributed by atoms with Crippen LogP contribution in [0.15, 0.2) is 24.3 Å². The Morgan fingerprint density at radius 2 is 1.77 bits per heavy atom. The molecular formula is C25H32N2O4. The summed E-state index contributed by atoms with van der Waals surface area (Å²) in [7, 11) is 0. The lowest BCUT2D eigenvalue weighted by Crippen LogP contribution is -2.57. The second-order valence-electron chi connectivity index (χ2n) is 9.49. The topological polar surface area (TPSA) is 66.9 Å². The number of likely N-dealkylation sites (tertiary alicyclic amines) is 1. The number of amides is 3. The first-order valence-corrected chi connectivity index (χ1v) is 11.3. The molecule has 31 heavy (non-hydrogen) atoms. The van der Waals surface area contributed by atoms with Crippen molar-refractivity contribution in [1.29, 1.82) is 0 Å². The average molecular weight is 425 g/mol. The smallest absolute Gasteiger partial charge is 0.250 e. The molecule has 0 radical (unpaired) electrons. The predicted molar refractivity (Wildman–Crippen MR) is 120 cm³/mol. The summed E-state index contributed by atoms with van der Waals surface area (Å²) in [5.41, 5.74) is 2.19. The van der Waals surface area contributed by atoms with Crippen LogP contribution in [0.2, 0.25) is 0 Å². The van der Waals surface area contributed by atoms with E-state index in [1.807, 2.05) is 45.9 Å². The van der Waals surface area contributed by atoms with Crippen LogP contribution in [0.25, 0.3) is 5.57 Å². The number of carbonyl (C=O) groups is 3. The van der Waals surface area contributed by atoms with Gasteiger partial charge in [-0.15, -0.1) is 0 Å². The highest BCUT2D eigenvalue weighted by molar-refractivity contribution is 6.11. The second kappa shape index (κ2) is 7.81. The van der Waals surface area contributed by atoms with Crippen molar-refractivity contribution >= 4 is 29.0 Å². The van der Waals surface area contributed by atoms with Gasteiger partial charge in [0.1, 0.15) is 11.8 Å². The van der Waals surface area contributed by atoms with Crippen LogP contribution in [0.3, 0.4) is 0 Å². The maximum atomic E-state index is 13.8. The van der Waals surface area contributed by atoms with E-state index in [2.05, 4.69) is 6.08 Å². The molecule has 6 heteroatoms. The van der Waals surface area contributed by atoms with Gasteiger partial charge in [0.25, 0.3) is 5.91 Å². The monoisotopic (exact) mass is 424 g/mol. The van der Waals surface area contributed by atoms with E-state index in [0.717, 1.165) is 48.3 Å². The van der Waals surface area contributed by atoms with Crippen LogP contribution in [0.1, 0.15) is 65.9 Å². The Balaban J connectivity index is 1.69. The van der Waals surface area contributed by atoms with Gasteiger partial charge in [0, 0.05) is 5.56 Å². The minimum Gasteiger partial charge on any atom is -0.494 e. The lowest BCUT2D eigenvalue weighted by molar-refractivity contribution is -0.146. The van der Waals surface area contributed by atoms with E-state index >= 15 is 0 Å². The molecule has 2 aliphatic heterocycles. The Morgan fingerprint density at radius 3 is 2.35 bits per heavy atom. The molecule has 0 aromatic heterocycles. The number of allylic oxidation sites excluding steroid dienone is 1. The first-order chi connectivity index (χ1) is 14.7. The van der Waals surface area contributed by atoms with Gasteiger partial charge < -0.3 is 9.64 Å². The molecule has 2 heterocycles. The first-order valence-electron chi connectivity index (χ1n) is 11.3. The van der Waals surface area contributed by atoms with Crippen molar-refractivity contribution in [3.05, 3.63) is 29.8 Å². The van der Waals surface area contributed by atoms with Gasteiger partial charge in [-0.3, -0.25) is 19.3 Å². The maximum Gasteiger partial charge on any atom is 0.250 e. The van der Waals surface area contributed by atoms with E-state index in [1.54, 1.807) is 11.8 Å². The summed E-state index contributed by atoms with van der Waals surface area (Å²) in [5.74, 6) is -0.348. The van der Waals surface area contributed by atoms with Crippen LogP contribution in [0.5, 0.6) is 5.75 Å². The summed E-state index contributed by atoms with van der Waals surface area (Å²) < 4.78 is 5.65. The molecule has 3 amide bonds. The molecule has 1 aromatic carbocycles. The van der Waals surface area contributed by atoms with Crippen molar-refractivity contribution in [2.75, 3.05) is 11.5 Å². The fourth-order valence-electron chi connectivity index (χ4n) is 5.53. The molecule has 0 N–H and O–H groups in total. The fourth-order valence-corrected chi connectivity index (χ4v) is 5.53. The number of benzene rings is 1. The van der Waals surface area contributed by atoms with Crippen LogP contribution in [-0.2, 0) is 14.4 Å². The van der Waals surface area contributed by atoms with Crippen LogP contribution in [-0.4, -0.2) is 40.8 Å². The largest absolute Gasteiger partial charge is 0.494 e. The SMILES string of the molecule is CCOc1ccc2c(c1)C(C)=CC(C)(C)N2C(=O)C(C)N1C(=O)C2CCCCC2C1=O. The van der Waals surface area contributed by atoms with Crippen LogP contribution >= 0.6 is 0 Å². The number of anilines is 1. The normalized spacial score (nSPS) is 25.6. The van der Waals surface area contributed by atoms with Gasteiger partial charge in [0.05, 0.1) is 29.7 Å². The quantitative estimate of drug-likeness (QED) is 0.680. The number of imide groups is 1. The Morgan fingerprint density at radius 1 is 1.16 bits per heavy atom. The molecule has 1 aromatic rings. The van der Waals surface area contributed by atoms with Crippen molar-refractivity contribution in [2.24, 2.45) is 11.8 Å². The van der Waals surface area contributed by atoms with E-state index in [0.29, 0.717) is 6.61 Å². The highest BCUT2D eigenvalue weighted by atomic mass is 16.5. The zero-order chi connectivity index (χ0) is 22.5. The van der Waals surface area contributed by atoms with Crippen molar-refractivity contribution < 1.29 is 19.1 Å². The van der Waals surface area contributed by atoms with Crippen LogP contribution in [0.4, 0.5) is 5.69 Å². The van der Waals surface area contributed by atoms with E-state index < -0.39 is 11.6 Å².